The molecule has 2 nitrogen and oxygen atoms in total. The van der Waals surface area contributed by atoms with Crippen LogP contribution in [0.3, 0.4) is 0 Å². The van der Waals surface area contributed by atoms with E-state index < -0.39 is 0 Å². The zero-order valence-electron chi connectivity index (χ0n) is 8.35. The predicted octanol–water partition coefficient (Wildman–Crippen LogP) is 2.15. The molecule has 1 aliphatic carbocycles. The maximum Gasteiger partial charge on any atom is 0.230 e. The number of halogens is 1. The average Bonchev–Trinajstić information content (AvgIpc) is 2.77. The highest BCUT2D eigenvalue weighted by Gasteiger charge is 2.48. The van der Waals surface area contributed by atoms with Gasteiger partial charge in [-0.2, -0.15) is 0 Å². The second-order valence-corrected chi connectivity index (χ2v) is 5.21. The van der Waals surface area contributed by atoms with E-state index in [1.165, 1.54) is 11.1 Å². The Balaban J connectivity index is 2.19. The van der Waals surface area contributed by atoms with Crippen LogP contribution < -0.4 is 5.32 Å². The molecule has 0 saturated carbocycles. The molecule has 15 heavy (non-hydrogen) atoms. The Kier molecular flexibility index (Phi) is 1.93. The monoisotopic (exact) mass is 265 g/mol. The van der Waals surface area contributed by atoms with Crippen LogP contribution in [0.25, 0.3) is 0 Å². The summed E-state index contributed by atoms with van der Waals surface area (Å²) in [5.41, 5.74) is 2.36. The Hall–Kier alpha value is -0.830. The first-order valence-corrected chi connectivity index (χ1v) is 6.09. The molecule has 0 aromatic heterocycles. The maximum atomic E-state index is 11.9. The molecule has 1 unspecified atom stereocenters. The van der Waals surface area contributed by atoms with Crippen molar-refractivity contribution in [2.45, 2.75) is 24.7 Å². The molecule has 1 fully saturated rings. The lowest BCUT2D eigenvalue weighted by Crippen LogP contribution is -2.33. The largest absolute Gasteiger partial charge is 0.355 e. The minimum absolute atomic E-state index is 0.209. The molecular formula is C12H12BrNO. The van der Waals surface area contributed by atoms with E-state index in [0.29, 0.717) is 0 Å². The van der Waals surface area contributed by atoms with Crippen LogP contribution in [0.4, 0.5) is 0 Å². The summed E-state index contributed by atoms with van der Waals surface area (Å²) < 4.78 is 1.15. The minimum Gasteiger partial charge on any atom is -0.355 e. The second-order valence-electron chi connectivity index (χ2n) is 4.35. The van der Waals surface area contributed by atoms with Crippen molar-refractivity contribution in [1.82, 2.24) is 5.32 Å². The fraction of sp³-hybridized carbons (Fsp3) is 0.417. The highest BCUT2D eigenvalue weighted by atomic mass is 79.9. The van der Waals surface area contributed by atoms with E-state index in [0.717, 1.165) is 30.3 Å². The van der Waals surface area contributed by atoms with Gasteiger partial charge in [0.1, 0.15) is 0 Å². The lowest BCUT2D eigenvalue weighted by Gasteiger charge is -2.20. The molecule has 0 bridgehead atoms. The smallest absolute Gasteiger partial charge is 0.230 e. The fourth-order valence-corrected chi connectivity index (χ4v) is 3.47. The predicted molar refractivity (Wildman–Crippen MR) is 61.8 cm³/mol. The summed E-state index contributed by atoms with van der Waals surface area (Å²) in [6, 6.07) is 6.20. The van der Waals surface area contributed by atoms with Gasteiger partial charge in [-0.15, -0.1) is 0 Å². The van der Waals surface area contributed by atoms with Gasteiger partial charge >= 0.3 is 0 Å². The number of benzene rings is 1. The second kappa shape index (κ2) is 3.08. The lowest BCUT2D eigenvalue weighted by atomic mass is 9.80. The molecular weight excluding hydrogens is 254 g/mol. The Morgan fingerprint density at radius 1 is 1.33 bits per heavy atom. The van der Waals surface area contributed by atoms with Crippen LogP contribution in [0.15, 0.2) is 22.7 Å². The van der Waals surface area contributed by atoms with Crippen LogP contribution in [0.5, 0.6) is 0 Å². The van der Waals surface area contributed by atoms with Gasteiger partial charge in [0, 0.05) is 11.0 Å². The van der Waals surface area contributed by atoms with Crippen LogP contribution in [-0.4, -0.2) is 12.5 Å². The van der Waals surface area contributed by atoms with Gasteiger partial charge in [0.05, 0.1) is 5.41 Å². The van der Waals surface area contributed by atoms with Crippen molar-refractivity contribution >= 4 is 21.8 Å². The molecule has 1 N–H and O–H groups in total. The summed E-state index contributed by atoms with van der Waals surface area (Å²) in [6.07, 6.45) is 2.94. The Morgan fingerprint density at radius 3 is 2.93 bits per heavy atom. The number of carbonyl (C=O) groups is 1. The van der Waals surface area contributed by atoms with Crippen LogP contribution in [0.2, 0.25) is 0 Å². The summed E-state index contributed by atoms with van der Waals surface area (Å²) >= 11 is 3.57. The third-order valence-electron chi connectivity index (χ3n) is 3.71. The quantitative estimate of drug-likeness (QED) is 0.766. The lowest BCUT2D eigenvalue weighted by molar-refractivity contribution is -0.123. The molecule has 1 amide bonds. The first-order chi connectivity index (χ1) is 7.24. The SMILES string of the molecule is O=C1NCCC12CCc1c(Br)cccc12. The van der Waals surface area contributed by atoms with Crippen LogP contribution in [0, 0.1) is 0 Å². The number of amides is 1. The van der Waals surface area contributed by atoms with Crippen LogP contribution >= 0.6 is 15.9 Å². The van der Waals surface area contributed by atoms with Crippen LogP contribution in [-0.2, 0) is 16.6 Å². The number of hydrogen-bond acceptors (Lipinski definition) is 1. The molecule has 3 heteroatoms. The van der Waals surface area contributed by atoms with E-state index in [2.05, 4.69) is 33.4 Å². The summed E-state index contributed by atoms with van der Waals surface area (Å²) in [7, 11) is 0. The van der Waals surface area contributed by atoms with Gasteiger partial charge in [-0.3, -0.25) is 4.79 Å². The summed E-state index contributed by atoms with van der Waals surface area (Å²) in [4.78, 5) is 11.9. The van der Waals surface area contributed by atoms with Crippen molar-refractivity contribution in [3.05, 3.63) is 33.8 Å². The van der Waals surface area contributed by atoms with E-state index in [4.69, 9.17) is 0 Å². The molecule has 1 aromatic rings. The third-order valence-corrected chi connectivity index (χ3v) is 4.45. The molecule has 1 aliphatic heterocycles. The highest BCUT2D eigenvalue weighted by molar-refractivity contribution is 9.10. The van der Waals surface area contributed by atoms with Gasteiger partial charge in [-0.25, -0.2) is 0 Å². The zero-order chi connectivity index (χ0) is 10.5. The first kappa shape index (κ1) is 9.40. The molecule has 1 atom stereocenters. The normalized spacial score (nSPS) is 28.2. The molecule has 1 aromatic carbocycles. The number of rotatable bonds is 0. The summed E-state index contributed by atoms with van der Waals surface area (Å²) in [6.45, 7) is 0.824. The first-order valence-electron chi connectivity index (χ1n) is 5.30. The van der Waals surface area contributed by atoms with Gasteiger partial charge in [0.15, 0.2) is 0 Å². The number of carbonyl (C=O) groups excluding carboxylic acids is 1. The average molecular weight is 266 g/mol. The van der Waals surface area contributed by atoms with Gasteiger partial charge in [0.2, 0.25) is 5.91 Å². The van der Waals surface area contributed by atoms with Gasteiger partial charge in [0.25, 0.3) is 0 Å². The molecule has 1 spiro atoms. The van der Waals surface area contributed by atoms with Crippen molar-refractivity contribution < 1.29 is 4.79 Å². The zero-order valence-corrected chi connectivity index (χ0v) is 9.93. The van der Waals surface area contributed by atoms with Crippen molar-refractivity contribution in [1.29, 1.82) is 0 Å². The fourth-order valence-electron chi connectivity index (χ4n) is 2.90. The van der Waals surface area contributed by atoms with E-state index >= 15 is 0 Å². The molecule has 1 heterocycles. The van der Waals surface area contributed by atoms with E-state index in [1.807, 2.05) is 6.07 Å². The standard InChI is InChI=1S/C12H12BrNO/c13-10-3-1-2-9-8(10)4-5-12(9)6-7-14-11(12)15/h1-3H,4-7H2,(H,14,15). The van der Waals surface area contributed by atoms with Gasteiger partial charge in [-0.05, 0) is 36.5 Å². The van der Waals surface area contributed by atoms with Crippen molar-refractivity contribution in [2.24, 2.45) is 0 Å². The van der Waals surface area contributed by atoms with Gasteiger partial charge in [-0.1, -0.05) is 28.1 Å². The van der Waals surface area contributed by atoms with Crippen molar-refractivity contribution in [3.63, 3.8) is 0 Å². The maximum absolute atomic E-state index is 11.9. The third kappa shape index (κ3) is 1.13. The topological polar surface area (TPSA) is 29.1 Å². The number of hydrogen-bond donors (Lipinski definition) is 1. The molecule has 3 rings (SSSR count). The minimum atomic E-state index is -0.209. The van der Waals surface area contributed by atoms with Gasteiger partial charge < -0.3 is 5.32 Å². The molecule has 78 valence electrons. The van der Waals surface area contributed by atoms with Crippen LogP contribution in [0.1, 0.15) is 24.0 Å². The van der Waals surface area contributed by atoms with E-state index in [-0.39, 0.29) is 11.3 Å². The Labute approximate surface area is 97.2 Å². The Bertz CT molecular complexity index is 443. The molecule has 0 radical (unpaired) electrons. The van der Waals surface area contributed by atoms with E-state index in [1.54, 1.807) is 0 Å². The van der Waals surface area contributed by atoms with E-state index in [9.17, 15) is 4.79 Å². The Morgan fingerprint density at radius 2 is 2.20 bits per heavy atom. The molecule has 1 saturated heterocycles. The number of fused-ring (bicyclic) bond motifs is 2. The van der Waals surface area contributed by atoms with Crippen molar-refractivity contribution in [3.8, 4) is 0 Å². The van der Waals surface area contributed by atoms with Crippen molar-refractivity contribution in [2.75, 3.05) is 6.54 Å². The summed E-state index contributed by atoms with van der Waals surface area (Å²) in [5, 5.41) is 2.96. The highest BCUT2D eigenvalue weighted by Crippen LogP contribution is 2.45. The summed E-state index contributed by atoms with van der Waals surface area (Å²) in [5.74, 6) is 0.222. The molecule has 2 aliphatic rings. The number of nitrogens with one attached hydrogen (secondary N) is 1.